The Hall–Kier alpha value is -1.76. The summed E-state index contributed by atoms with van der Waals surface area (Å²) in [5, 5.41) is 1.91. The lowest BCUT2D eigenvalue weighted by atomic mass is 9.97. The van der Waals surface area contributed by atoms with Gasteiger partial charge in [-0.15, -0.1) is 0 Å². The number of alkyl halides is 3. The zero-order valence-corrected chi connectivity index (χ0v) is 16.8. The molecule has 0 aromatic carbocycles. The number of nitrogens with zero attached hydrogens (tertiary/aromatic N) is 3. The van der Waals surface area contributed by atoms with Crippen molar-refractivity contribution in [3.8, 4) is 0 Å². The van der Waals surface area contributed by atoms with Crippen LogP contribution in [0, 0.1) is 0 Å². The van der Waals surface area contributed by atoms with Crippen LogP contribution in [0.5, 0.6) is 0 Å². The fourth-order valence-corrected chi connectivity index (χ4v) is 3.71. The second-order valence-electron chi connectivity index (χ2n) is 6.48. The van der Waals surface area contributed by atoms with Crippen LogP contribution in [0.4, 0.5) is 13.2 Å². The lowest BCUT2D eigenvalue weighted by Crippen LogP contribution is -2.35. The summed E-state index contributed by atoms with van der Waals surface area (Å²) in [6.45, 7) is 8.38. The van der Waals surface area contributed by atoms with Crippen molar-refractivity contribution in [2.45, 2.75) is 45.2 Å². The molecule has 0 aliphatic carbocycles. The minimum atomic E-state index is -2.40. The van der Waals surface area contributed by atoms with Crippen molar-refractivity contribution in [1.82, 2.24) is 4.90 Å². The van der Waals surface area contributed by atoms with Crippen LogP contribution in [0.3, 0.4) is 0 Å². The Morgan fingerprint density at radius 2 is 2.22 bits per heavy atom. The third-order valence-corrected chi connectivity index (χ3v) is 5.49. The van der Waals surface area contributed by atoms with Crippen molar-refractivity contribution in [1.29, 1.82) is 0 Å². The molecule has 27 heavy (non-hydrogen) atoms. The van der Waals surface area contributed by atoms with E-state index in [4.69, 9.17) is 0 Å². The molecule has 0 N–H and O–H groups in total. The molecule has 0 amide bonds. The number of halogens is 3. The smallest absolute Gasteiger partial charge is 0.242 e. The van der Waals surface area contributed by atoms with Crippen LogP contribution in [0.15, 0.2) is 56.4 Å². The number of thioether (sulfide) groups is 1. The summed E-state index contributed by atoms with van der Waals surface area (Å²) in [6.07, 6.45) is 2.82. The molecule has 148 valence electrons. The van der Waals surface area contributed by atoms with E-state index < -0.39 is 12.1 Å². The predicted octanol–water partition coefficient (Wildman–Crippen LogP) is 5.54. The molecule has 1 atom stereocenters. The minimum absolute atomic E-state index is 0.217. The molecule has 0 aromatic heterocycles. The second kappa shape index (κ2) is 9.44. The Kier molecular flexibility index (Phi) is 7.53. The number of aliphatic imine (C=N–C) groups is 2. The average Bonchev–Trinajstić information content (AvgIpc) is 3.00. The van der Waals surface area contributed by atoms with Gasteiger partial charge in [-0.05, 0) is 24.8 Å². The molecule has 2 aliphatic rings. The van der Waals surface area contributed by atoms with E-state index in [9.17, 15) is 8.78 Å². The van der Waals surface area contributed by atoms with Crippen LogP contribution in [0.1, 0.15) is 33.1 Å². The van der Waals surface area contributed by atoms with Crippen LogP contribution >= 0.6 is 11.8 Å². The molecule has 0 bridgehead atoms. The largest absolute Gasteiger partial charge is 0.326 e. The van der Waals surface area contributed by atoms with Gasteiger partial charge in [0.15, 0.2) is 0 Å². The molecule has 2 aliphatic heterocycles. The molecule has 2 heterocycles. The molecule has 0 saturated carbocycles. The predicted molar refractivity (Wildman–Crippen MR) is 109 cm³/mol. The van der Waals surface area contributed by atoms with Crippen LogP contribution in [0.2, 0.25) is 0 Å². The fourth-order valence-electron chi connectivity index (χ4n) is 3.13. The number of allylic oxidation sites excluding steroid dienone is 4. The van der Waals surface area contributed by atoms with Gasteiger partial charge in [0.2, 0.25) is 6.43 Å². The summed E-state index contributed by atoms with van der Waals surface area (Å²) in [4.78, 5) is 11.5. The molecular formula is C20H26F3N3S. The summed E-state index contributed by atoms with van der Waals surface area (Å²) in [5.41, 5.74) is 0.853. The van der Waals surface area contributed by atoms with Crippen molar-refractivity contribution in [2.24, 2.45) is 9.98 Å². The zero-order chi connectivity index (χ0) is 20.0. The molecule has 1 fully saturated rings. The maximum absolute atomic E-state index is 15.2. The molecule has 0 aromatic rings. The molecule has 3 nitrogen and oxygen atoms in total. The topological polar surface area (TPSA) is 28.0 Å². The van der Waals surface area contributed by atoms with Gasteiger partial charge in [0, 0.05) is 36.1 Å². The second-order valence-corrected chi connectivity index (χ2v) is 7.48. The molecule has 1 saturated heterocycles. The third-order valence-electron chi connectivity index (χ3n) is 4.61. The maximum Gasteiger partial charge on any atom is 0.242 e. The van der Waals surface area contributed by atoms with Crippen LogP contribution in [0.25, 0.3) is 0 Å². The first-order valence-corrected chi connectivity index (χ1v) is 9.85. The van der Waals surface area contributed by atoms with Gasteiger partial charge in [-0.25, -0.2) is 13.2 Å². The summed E-state index contributed by atoms with van der Waals surface area (Å²) in [6, 6.07) is 0. The van der Waals surface area contributed by atoms with E-state index in [1.807, 2.05) is 30.2 Å². The zero-order valence-electron chi connectivity index (χ0n) is 16.0. The number of rotatable bonds is 8. The van der Waals surface area contributed by atoms with Crippen LogP contribution < -0.4 is 0 Å². The fraction of sp³-hybridized carbons (Fsp3) is 0.500. The van der Waals surface area contributed by atoms with Gasteiger partial charge in [0.25, 0.3) is 0 Å². The van der Waals surface area contributed by atoms with E-state index in [2.05, 4.69) is 16.6 Å². The van der Waals surface area contributed by atoms with Gasteiger partial charge in [-0.2, -0.15) is 0 Å². The monoisotopic (exact) mass is 397 g/mol. The van der Waals surface area contributed by atoms with E-state index >= 15 is 4.39 Å². The van der Waals surface area contributed by atoms with Crippen LogP contribution in [-0.2, 0) is 0 Å². The number of fused-ring (bicyclic) bond motifs is 1. The molecular weight excluding hydrogens is 371 g/mol. The standard InChI is InChI=1S/C20H26F3N3S/c1-5-10-27-14(3)19-25-12-15(16(24-4)8-7-9-18(21)22)17-11-20(23,6-2)13-26(17)19/h5,7-8,10,18H,3,6,9,11-13H2,1-2,4H3/b8-7-,10-5-,24-16+. The number of amidine groups is 1. The van der Waals surface area contributed by atoms with Crippen molar-refractivity contribution >= 4 is 23.3 Å². The molecule has 2 rings (SSSR count). The Bertz CT molecular complexity index is 722. The highest BCUT2D eigenvalue weighted by atomic mass is 32.2. The average molecular weight is 398 g/mol. The Morgan fingerprint density at radius 1 is 1.48 bits per heavy atom. The Balaban J connectivity index is 2.37. The Morgan fingerprint density at radius 3 is 2.81 bits per heavy atom. The number of hydrogen-bond donors (Lipinski definition) is 0. The van der Waals surface area contributed by atoms with E-state index in [0.717, 1.165) is 16.2 Å². The highest BCUT2D eigenvalue weighted by Gasteiger charge is 2.44. The summed E-state index contributed by atoms with van der Waals surface area (Å²) >= 11 is 1.45. The van der Waals surface area contributed by atoms with Crippen molar-refractivity contribution in [2.75, 3.05) is 20.1 Å². The molecule has 7 heteroatoms. The van der Waals surface area contributed by atoms with Gasteiger partial charge in [0.1, 0.15) is 11.5 Å². The van der Waals surface area contributed by atoms with E-state index in [1.165, 1.54) is 17.8 Å². The highest BCUT2D eigenvalue weighted by Crippen LogP contribution is 2.41. The van der Waals surface area contributed by atoms with Gasteiger partial charge in [-0.1, -0.05) is 37.4 Å². The summed E-state index contributed by atoms with van der Waals surface area (Å²) in [7, 11) is 1.61. The molecule has 1 unspecified atom stereocenters. The van der Waals surface area contributed by atoms with E-state index in [1.54, 1.807) is 13.1 Å². The normalized spacial score (nSPS) is 23.7. The third kappa shape index (κ3) is 5.15. The lowest BCUT2D eigenvalue weighted by Gasteiger charge is -2.29. The van der Waals surface area contributed by atoms with Crippen molar-refractivity contribution in [3.05, 3.63) is 46.4 Å². The van der Waals surface area contributed by atoms with Gasteiger partial charge >= 0.3 is 0 Å². The first-order valence-electron chi connectivity index (χ1n) is 8.97. The Labute approximate surface area is 163 Å². The molecule has 0 radical (unpaired) electrons. The summed E-state index contributed by atoms with van der Waals surface area (Å²) in [5.74, 6) is 0.678. The van der Waals surface area contributed by atoms with Gasteiger partial charge < -0.3 is 4.90 Å². The first-order chi connectivity index (χ1) is 12.8. The van der Waals surface area contributed by atoms with Gasteiger partial charge in [0.05, 0.1) is 18.8 Å². The lowest BCUT2D eigenvalue weighted by molar-refractivity contribution is 0.152. The van der Waals surface area contributed by atoms with E-state index in [-0.39, 0.29) is 19.4 Å². The van der Waals surface area contributed by atoms with Crippen molar-refractivity contribution in [3.63, 3.8) is 0 Å². The SMILES string of the molecule is C=C(S/C=C\C)C1=NCC(C(/C=C\CC(F)F)=N/C)=C2CC(F)(CC)CN12. The quantitative estimate of drug-likeness (QED) is 0.503. The van der Waals surface area contributed by atoms with Gasteiger partial charge in [-0.3, -0.25) is 9.98 Å². The first kappa shape index (κ1) is 21.5. The van der Waals surface area contributed by atoms with Crippen LogP contribution in [-0.4, -0.2) is 48.7 Å². The molecule has 0 spiro atoms. The maximum atomic E-state index is 15.2. The number of hydrogen-bond acceptors (Lipinski definition) is 4. The van der Waals surface area contributed by atoms with E-state index in [0.29, 0.717) is 24.5 Å². The minimum Gasteiger partial charge on any atom is -0.326 e. The summed E-state index contributed by atoms with van der Waals surface area (Å²) < 4.78 is 40.1. The highest BCUT2D eigenvalue weighted by molar-refractivity contribution is 8.06. The van der Waals surface area contributed by atoms with Crippen molar-refractivity contribution < 1.29 is 13.2 Å².